The lowest BCUT2D eigenvalue weighted by atomic mass is 9.90. The zero-order valence-corrected chi connectivity index (χ0v) is 19.2. The number of rotatable bonds is 5. The highest BCUT2D eigenvalue weighted by Crippen LogP contribution is 2.37. The number of benzene rings is 2. The topological polar surface area (TPSA) is 49.4 Å². The van der Waals surface area contributed by atoms with Gasteiger partial charge in [-0.2, -0.15) is 0 Å². The molecule has 1 aliphatic heterocycles. The maximum Gasteiger partial charge on any atom is 0.230 e. The van der Waals surface area contributed by atoms with Crippen molar-refractivity contribution in [3.8, 4) is 0 Å². The molecule has 3 rings (SSSR count). The van der Waals surface area contributed by atoms with Crippen molar-refractivity contribution >= 4 is 48.8 Å². The number of carbonyl (C=O) groups is 1. The van der Waals surface area contributed by atoms with E-state index in [1.807, 2.05) is 43.3 Å². The van der Waals surface area contributed by atoms with Crippen molar-refractivity contribution in [3.05, 3.63) is 52.0 Å². The van der Waals surface area contributed by atoms with Gasteiger partial charge in [0.05, 0.1) is 14.6 Å². The molecule has 0 aromatic heterocycles. The maximum atomic E-state index is 13.4. The van der Waals surface area contributed by atoms with E-state index in [4.69, 9.17) is 0 Å². The summed E-state index contributed by atoms with van der Waals surface area (Å²) in [4.78, 5) is 14.8. The van der Waals surface area contributed by atoms with Gasteiger partial charge in [0.25, 0.3) is 0 Å². The Bertz CT molecular complexity index is 998. The molecular formula is C22H27BrN2O2S. The van der Waals surface area contributed by atoms with Crippen LogP contribution in [0.1, 0.15) is 44.2 Å². The second-order valence-electron chi connectivity index (χ2n) is 7.67. The first-order valence-corrected chi connectivity index (χ1v) is 12.0. The maximum absolute atomic E-state index is 13.4. The molecule has 0 bridgehead atoms. The Morgan fingerprint density at radius 1 is 1.29 bits per heavy atom. The van der Waals surface area contributed by atoms with Crippen LogP contribution in [0, 0.1) is 5.92 Å². The summed E-state index contributed by atoms with van der Waals surface area (Å²) in [6.07, 6.45) is 1.45. The lowest BCUT2D eigenvalue weighted by Gasteiger charge is -2.32. The number of nitrogens with zero attached hydrogens (tertiary/aromatic N) is 1. The van der Waals surface area contributed by atoms with Crippen molar-refractivity contribution in [2.75, 3.05) is 16.7 Å². The number of hydrogen-bond acceptors (Lipinski definition) is 2. The van der Waals surface area contributed by atoms with Crippen LogP contribution in [-0.2, 0) is 20.9 Å². The monoisotopic (exact) mass is 462 g/mol. The standard InChI is InChI=1S/C22H27BrN2O2S/c1-6-15-11-17-12-21(19(23)13-20(17)25(4)22(15)26)28(5,27)24-18-9-7-16(8-10-18)14(2)3/h7-10,12-15H,5-6,11H2,1-4H3,(H,24,27). The smallest absolute Gasteiger partial charge is 0.230 e. The van der Waals surface area contributed by atoms with Crippen molar-refractivity contribution in [2.24, 2.45) is 5.92 Å². The number of halogens is 1. The summed E-state index contributed by atoms with van der Waals surface area (Å²) in [5.41, 5.74) is 3.89. The molecule has 150 valence electrons. The third-order valence-corrected chi connectivity index (χ3v) is 7.88. The Balaban J connectivity index is 1.95. The van der Waals surface area contributed by atoms with Gasteiger partial charge in [0.2, 0.25) is 5.91 Å². The van der Waals surface area contributed by atoms with Gasteiger partial charge < -0.3 is 9.62 Å². The van der Waals surface area contributed by atoms with E-state index in [0.717, 1.165) is 23.4 Å². The van der Waals surface area contributed by atoms with Crippen molar-refractivity contribution in [1.82, 2.24) is 0 Å². The molecule has 1 aliphatic rings. The lowest BCUT2D eigenvalue weighted by molar-refractivity contribution is -0.122. The number of carbonyl (C=O) groups excluding carboxylic acids is 1. The molecule has 2 aromatic rings. The minimum absolute atomic E-state index is 0.0380. The van der Waals surface area contributed by atoms with Crippen LogP contribution in [0.25, 0.3) is 0 Å². The summed E-state index contributed by atoms with van der Waals surface area (Å²) in [5, 5.41) is 0. The minimum Gasteiger partial charge on any atom is -0.315 e. The number of hydrogen-bond donors (Lipinski definition) is 1. The van der Waals surface area contributed by atoms with Crippen LogP contribution >= 0.6 is 15.9 Å². The Morgan fingerprint density at radius 2 is 1.93 bits per heavy atom. The summed E-state index contributed by atoms with van der Waals surface area (Å²) < 4.78 is 17.2. The molecule has 1 heterocycles. The molecule has 0 aliphatic carbocycles. The number of fused-ring (bicyclic) bond motifs is 1. The van der Waals surface area contributed by atoms with Crippen molar-refractivity contribution < 1.29 is 9.00 Å². The summed E-state index contributed by atoms with van der Waals surface area (Å²) in [6, 6.07) is 11.8. The molecule has 0 saturated heterocycles. The van der Waals surface area contributed by atoms with Gasteiger partial charge >= 0.3 is 0 Å². The van der Waals surface area contributed by atoms with Gasteiger partial charge in [-0.3, -0.25) is 4.79 Å². The van der Waals surface area contributed by atoms with Gasteiger partial charge in [0.15, 0.2) is 0 Å². The van der Waals surface area contributed by atoms with Gasteiger partial charge in [-0.1, -0.05) is 32.9 Å². The Hall–Kier alpha value is -1.79. The fourth-order valence-corrected chi connectivity index (χ4v) is 6.01. The van der Waals surface area contributed by atoms with E-state index in [-0.39, 0.29) is 11.8 Å². The van der Waals surface area contributed by atoms with Crippen molar-refractivity contribution in [2.45, 2.75) is 44.4 Å². The number of nitrogens with one attached hydrogen (secondary N) is 1. The van der Waals surface area contributed by atoms with E-state index in [0.29, 0.717) is 21.7 Å². The van der Waals surface area contributed by atoms with Gasteiger partial charge in [-0.05, 0) is 76.0 Å². The van der Waals surface area contributed by atoms with Crippen LogP contribution in [0.4, 0.5) is 11.4 Å². The van der Waals surface area contributed by atoms with E-state index >= 15 is 0 Å². The minimum atomic E-state index is -2.77. The Kier molecular flexibility index (Phi) is 5.92. The van der Waals surface area contributed by atoms with Gasteiger partial charge in [0, 0.05) is 28.8 Å². The lowest BCUT2D eigenvalue weighted by Crippen LogP contribution is -2.38. The summed E-state index contributed by atoms with van der Waals surface area (Å²) in [5.74, 6) is 4.52. The van der Waals surface area contributed by atoms with Gasteiger partial charge in [-0.15, -0.1) is 0 Å². The summed E-state index contributed by atoms with van der Waals surface area (Å²) >= 11 is 3.54. The number of amides is 1. The van der Waals surface area contributed by atoms with E-state index in [1.54, 1.807) is 11.9 Å². The van der Waals surface area contributed by atoms with E-state index < -0.39 is 9.71 Å². The van der Waals surface area contributed by atoms with Crippen molar-refractivity contribution in [3.63, 3.8) is 0 Å². The van der Waals surface area contributed by atoms with E-state index in [1.165, 1.54) is 5.56 Å². The van der Waals surface area contributed by atoms with Crippen LogP contribution in [0.5, 0.6) is 0 Å². The highest BCUT2D eigenvalue weighted by molar-refractivity contribution is 9.10. The highest BCUT2D eigenvalue weighted by atomic mass is 79.9. The third kappa shape index (κ3) is 3.98. The van der Waals surface area contributed by atoms with Crippen LogP contribution in [0.3, 0.4) is 0 Å². The third-order valence-electron chi connectivity index (χ3n) is 5.35. The predicted molar refractivity (Wildman–Crippen MR) is 123 cm³/mol. The van der Waals surface area contributed by atoms with E-state index in [9.17, 15) is 9.00 Å². The first-order valence-electron chi connectivity index (χ1n) is 9.49. The molecule has 0 saturated carbocycles. The normalized spacial score (nSPS) is 18.7. The fraction of sp³-hybridized carbons (Fsp3) is 0.364. The second-order valence-corrected chi connectivity index (χ2v) is 10.5. The molecule has 6 heteroatoms. The van der Waals surface area contributed by atoms with Crippen LogP contribution in [0.2, 0.25) is 0 Å². The highest BCUT2D eigenvalue weighted by Gasteiger charge is 2.31. The molecule has 0 spiro atoms. The Labute approximate surface area is 176 Å². The molecule has 2 aromatic carbocycles. The molecule has 0 radical (unpaired) electrons. The molecule has 28 heavy (non-hydrogen) atoms. The van der Waals surface area contributed by atoms with E-state index in [2.05, 4.69) is 40.4 Å². The van der Waals surface area contributed by atoms with Crippen LogP contribution < -0.4 is 9.62 Å². The first-order chi connectivity index (χ1) is 13.1. The van der Waals surface area contributed by atoms with Crippen LogP contribution in [0.15, 0.2) is 45.8 Å². The zero-order chi connectivity index (χ0) is 20.6. The SMILES string of the molecule is C=S(=O)(Nc1ccc(C(C)C)cc1)c1cc2c(cc1Br)N(C)C(=O)C(CC)C2. The predicted octanol–water partition coefficient (Wildman–Crippen LogP) is 5.22. The molecule has 2 atom stereocenters. The second kappa shape index (κ2) is 7.91. The van der Waals surface area contributed by atoms with Crippen LogP contribution in [-0.4, -0.2) is 23.0 Å². The quantitative estimate of drug-likeness (QED) is 0.619. The first kappa shape index (κ1) is 20.9. The molecule has 1 N–H and O–H groups in total. The largest absolute Gasteiger partial charge is 0.315 e. The molecule has 2 unspecified atom stereocenters. The van der Waals surface area contributed by atoms with Gasteiger partial charge in [0.1, 0.15) is 0 Å². The fourth-order valence-electron chi connectivity index (χ4n) is 3.56. The molecule has 4 nitrogen and oxygen atoms in total. The zero-order valence-electron chi connectivity index (χ0n) is 16.8. The molecular weight excluding hydrogens is 436 g/mol. The Morgan fingerprint density at radius 3 is 2.50 bits per heavy atom. The van der Waals surface area contributed by atoms with Crippen molar-refractivity contribution in [1.29, 1.82) is 0 Å². The average molecular weight is 463 g/mol. The van der Waals surface area contributed by atoms with Gasteiger partial charge in [-0.25, -0.2) is 4.21 Å². The summed E-state index contributed by atoms with van der Waals surface area (Å²) in [6.45, 7) is 6.30. The average Bonchev–Trinajstić information content (AvgIpc) is 2.64. The molecule has 0 fully saturated rings. The molecule has 1 amide bonds. The summed E-state index contributed by atoms with van der Waals surface area (Å²) in [7, 11) is -0.969. The number of anilines is 2.